The van der Waals surface area contributed by atoms with E-state index in [1.807, 2.05) is 18.2 Å². The van der Waals surface area contributed by atoms with E-state index in [0.29, 0.717) is 16.7 Å². The molecule has 1 aliphatic carbocycles. The lowest BCUT2D eigenvalue weighted by Crippen LogP contribution is -2.32. The van der Waals surface area contributed by atoms with Gasteiger partial charge in [0.1, 0.15) is 17.5 Å². The summed E-state index contributed by atoms with van der Waals surface area (Å²) in [5, 5.41) is 3.02. The van der Waals surface area contributed by atoms with Crippen LogP contribution in [0.4, 0.5) is 4.39 Å². The van der Waals surface area contributed by atoms with E-state index < -0.39 is 12.1 Å². The van der Waals surface area contributed by atoms with Crippen LogP contribution in [0.2, 0.25) is 10.0 Å². The van der Waals surface area contributed by atoms with Crippen molar-refractivity contribution in [3.8, 4) is 5.75 Å². The number of alkyl halides is 1. The van der Waals surface area contributed by atoms with Crippen LogP contribution in [0.3, 0.4) is 0 Å². The Hall–Kier alpha value is -2.90. The van der Waals surface area contributed by atoms with Gasteiger partial charge in [-0.15, -0.1) is 0 Å². The molecule has 0 spiro atoms. The Kier molecular flexibility index (Phi) is 7.88. The number of ether oxygens (including phenoxy) is 2. The summed E-state index contributed by atoms with van der Waals surface area (Å²) in [5.74, 6) is 0.0587. The van der Waals surface area contributed by atoms with Crippen molar-refractivity contribution in [1.82, 2.24) is 5.32 Å². The third kappa shape index (κ3) is 5.87. The van der Waals surface area contributed by atoms with Crippen molar-refractivity contribution in [1.29, 1.82) is 0 Å². The highest BCUT2D eigenvalue weighted by atomic mass is 35.5. The largest absolute Gasteiger partial charge is 0.482 e. The summed E-state index contributed by atoms with van der Waals surface area (Å²) in [6.45, 7) is -0.365. The highest BCUT2D eigenvalue weighted by molar-refractivity contribution is 6.35. The van der Waals surface area contributed by atoms with E-state index in [1.54, 1.807) is 6.07 Å². The zero-order chi connectivity index (χ0) is 23.3. The summed E-state index contributed by atoms with van der Waals surface area (Å²) >= 11 is 11.9. The maximum atomic E-state index is 14.7. The molecule has 32 heavy (non-hydrogen) atoms. The molecule has 0 heterocycles. The fourth-order valence-electron chi connectivity index (χ4n) is 3.13. The van der Waals surface area contributed by atoms with Gasteiger partial charge in [0.25, 0.3) is 5.91 Å². The van der Waals surface area contributed by atoms with E-state index >= 15 is 0 Å². The topological polar surface area (TPSA) is 99.6 Å². The molecule has 1 atom stereocenters. The Bertz CT molecular complexity index is 1050. The fourth-order valence-corrected chi connectivity index (χ4v) is 3.65. The summed E-state index contributed by atoms with van der Waals surface area (Å²) in [7, 11) is 1.30. The summed E-state index contributed by atoms with van der Waals surface area (Å²) in [4.78, 5) is 12.9. The van der Waals surface area contributed by atoms with E-state index in [-0.39, 0.29) is 34.3 Å². The number of nitrogens with two attached hydrogens (primary N) is 2. The molecule has 5 N–H and O–H groups in total. The number of nitrogens with one attached hydrogen (secondary N) is 1. The number of benzene rings is 2. The van der Waals surface area contributed by atoms with Gasteiger partial charge in [-0.05, 0) is 48.6 Å². The molecule has 0 bridgehead atoms. The van der Waals surface area contributed by atoms with Gasteiger partial charge < -0.3 is 26.3 Å². The number of hydrogen-bond acceptors (Lipinski definition) is 5. The van der Waals surface area contributed by atoms with Gasteiger partial charge in [-0.25, -0.2) is 4.39 Å². The van der Waals surface area contributed by atoms with E-state index in [4.69, 9.17) is 44.1 Å². The maximum absolute atomic E-state index is 14.7. The molecule has 0 saturated heterocycles. The third-order valence-corrected chi connectivity index (χ3v) is 5.53. The average molecular weight is 480 g/mol. The van der Waals surface area contributed by atoms with Crippen molar-refractivity contribution in [2.75, 3.05) is 13.7 Å². The van der Waals surface area contributed by atoms with Gasteiger partial charge in [0.15, 0.2) is 5.76 Å². The Labute approximate surface area is 196 Å². The molecule has 0 radical (unpaired) electrons. The number of methoxy groups -OCH3 is 1. The van der Waals surface area contributed by atoms with Crippen LogP contribution in [-0.4, -0.2) is 19.6 Å². The summed E-state index contributed by atoms with van der Waals surface area (Å²) in [6.07, 6.45) is 1.80. The van der Waals surface area contributed by atoms with Crippen LogP contribution in [0.25, 0.3) is 0 Å². The zero-order valence-electron chi connectivity index (χ0n) is 17.4. The zero-order valence-corrected chi connectivity index (χ0v) is 18.9. The highest BCUT2D eigenvalue weighted by Gasteiger charge is 2.26. The molecule has 170 valence electrons. The molecule has 6 nitrogen and oxygen atoms in total. The SMILES string of the molecule is CO/C(N)=C(C(=O)NCC(F)c1ccc(Cl)cc1Cl)/C(=C\N)Oc1cccc(C2CC2)c1. The van der Waals surface area contributed by atoms with Crippen LogP contribution in [0.5, 0.6) is 5.75 Å². The van der Waals surface area contributed by atoms with Crippen LogP contribution in [0.15, 0.2) is 65.9 Å². The first-order valence-electron chi connectivity index (χ1n) is 9.95. The van der Waals surface area contributed by atoms with Gasteiger partial charge in [0.05, 0.1) is 13.7 Å². The molecule has 9 heteroatoms. The molecule has 3 rings (SSSR count). The minimum atomic E-state index is -1.57. The Morgan fingerprint density at radius 2 is 2.03 bits per heavy atom. The van der Waals surface area contributed by atoms with Crippen LogP contribution >= 0.6 is 23.2 Å². The lowest BCUT2D eigenvalue weighted by atomic mass is 10.1. The average Bonchev–Trinajstić information content (AvgIpc) is 3.62. The van der Waals surface area contributed by atoms with E-state index in [1.165, 1.54) is 25.3 Å². The molecule has 2 aromatic rings. The van der Waals surface area contributed by atoms with Gasteiger partial charge >= 0.3 is 0 Å². The lowest BCUT2D eigenvalue weighted by molar-refractivity contribution is -0.118. The second-order valence-corrected chi connectivity index (χ2v) is 8.11. The second-order valence-electron chi connectivity index (χ2n) is 7.27. The van der Waals surface area contributed by atoms with Gasteiger partial charge in [0, 0.05) is 21.8 Å². The summed E-state index contributed by atoms with van der Waals surface area (Å²) < 4.78 is 25.6. The van der Waals surface area contributed by atoms with Crippen molar-refractivity contribution in [2.24, 2.45) is 11.5 Å². The van der Waals surface area contributed by atoms with Crippen molar-refractivity contribution in [2.45, 2.75) is 24.9 Å². The molecule has 1 aliphatic rings. The minimum Gasteiger partial charge on any atom is -0.482 e. The molecule has 0 aliphatic heterocycles. The van der Waals surface area contributed by atoms with Crippen molar-refractivity contribution >= 4 is 29.1 Å². The standard InChI is InChI=1S/C23H24Cl2FN3O3/c1-31-22(28)21(20(11-27)32-16-4-2-3-14(9-16)13-5-6-13)23(30)29-12-19(26)17-8-7-15(24)10-18(17)25/h2-4,7-11,13,19H,5-6,12,27-28H2,1H3,(H,29,30)/b20-11+,22-21-. The van der Waals surface area contributed by atoms with Crippen molar-refractivity contribution in [3.05, 3.63) is 87.1 Å². The maximum Gasteiger partial charge on any atom is 0.260 e. The predicted molar refractivity (Wildman–Crippen MR) is 123 cm³/mol. The first-order valence-corrected chi connectivity index (χ1v) is 10.7. The monoisotopic (exact) mass is 479 g/mol. The quantitative estimate of drug-likeness (QED) is 0.275. The van der Waals surface area contributed by atoms with E-state index in [0.717, 1.165) is 24.6 Å². The fraction of sp³-hybridized carbons (Fsp3) is 0.261. The van der Waals surface area contributed by atoms with Gasteiger partial charge in [0.2, 0.25) is 5.88 Å². The Balaban J connectivity index is 1.74. The van der Waals surface area contributed by atoms with Gasteiger partial charge in [-0.2, -0.15) is 0 Å². The van der Waals surface area contributed by atoms with Crippen LogP contribution in [-0.2, 0) is 9.53 Å². The highest BCUT2D eigenvalue weighted by Crippen LogP contribution is 2.41. The predicted octanol–water partition coefficient (Wildman–Crippen LogP) is 4.69. The molecule has 1 amide bonds. The lowest BCUT2D eigenvalue weighted by Gasteiger charge is -2.17. The molecular formula is C23H24Cl2FN3O3. The number of carbonyl (C=O) groups is 1. The molecule has 1 unspecified atom stereocenters. The first kappa shape index (κ1) is 23.8. The van der Waals surface area contributed by atoms with Crippen LogP contribution in [0, 0.1) is 0 Å². The van der Waals surface area contributed by atoms with Crippen molar-refractivity contribution < 1.29 is 18.7 Å². The van der Waals surface area contributed by atoms with E-state index in [9.17, 15) is 9.18 Å². The molecule has 0 aromatic heterocycles. The normalized spacial score (nSPS) is 15.6. The van der Waals surface area contributed by atoms with Gasteiger partial charge in [-0.3, -0.25) is 4.79 Å². The number of halogens is 3. The van der Waals surface area contributed by atoms with Crippen LogP contribution in [0.1, 0.15) is 36.1 Å². The Morgan fingerprint density at radius 1 is 1.28 bits per heavy atom. The molecular weight excluding hydrogens is 456 g/mol. The minimum absolute atomic E-state index is 0.0188. The second kappa shape index (κ2) is 10.6. The number of amides is 1. The number of hydrogen-bond donors (Lipinski definition) is 3. The summed E-state index contributed by atoms with van der Waals surface area (Å²) in [6, 6.07) is 11.9. The van der Waals surface area contributed by atoms with E-state index in [2.05, 4.69) is 5.32 Å². The Morgan fingerprint density at radius 3 is 2.66 bits per heavy atom. The summed E-state index contributed by atoms with van der Waals surface area (Å²) in [5.41, 5.74) is 12.8. The van der Waals surface area contributed by atoms with Crippen molar-refractivity contribution in [3.63, 3.8) is 0 Å². The molecule has 1 saturated carbocycles. The molecule has 1 fully saturated rings. The number of rotatable bonds is 9. The number of carbonyl (C=O) groups excluding carboxylic acids is 1. The van der Waals surface area contributed by atoms with Crippen LogP contribution < -0.4 is 21.5 Å². The first-order chi connectivity index (χ1) is 15.3. The van der Waals surface area contributed by atoms with Gasteiger partial charge in [-0.1, -0.05) is 41.4 Å². The smallest absolute Gasteiger partial charge is 0.260 e. The molecule has 2 aromatic carbocycles. The third-order valence-electron chi connectivity index (χ3n) is 4.97.